The third-order valence-corrected chi connectivity index (χ3v) is 3.31. The van der Waals surface area contributed by atoms with Crippen molar-refractivity contribution >= 4 is 15.9 Å². The lowest BCUT2D eigenvalue weighted by molar-refractivity contribution is 0.0954. The van der Waals surface area contributed by atoms with Crippen LogP contribution in [-0.4, -0.2) is 45.4 Å². The van der Waals surface area contributed by atoms with Crippen molar-refractivity contribution in [3.8, 4) is 11.8 Å². The lowest BCUT2D eigenvalue weighted by atomic mass is 10.0. The highest BCUT2D eigenvalue weighted by Gasteiger charge is 2.07. The van der Waals surface area contributed by atoms with Gasteiger partial charge in [-0.2, -0.15) is 0 Å². The molecule has 0 bridgehead atoms. The zero-order valence-corrected chi connectivity index (χ0v) is 12.8. The van der Waals surface area contributed by atoms with Gasteiger partial charge in [-0.1, -0.05) is 17.9 Å². The van der Waals surface area contributed by atoms with Gasteiger partial charge in [0.05, 0.1) is 6.26 Å². The maximum atomic E-state index is 11.9. The predicted molar refractivity (Wildman–Crippen MR) is 80.3 cm³/mol. The molecule has 114 valence electrons. The van der Waals surface area contributed by atoms with Crippen molar-refractivity contribution in [3.05, 3.63) is 34.9 Å². The fourth-order valence-electron chi connectivity index (χ4n) is 1.55. The zero-order valence-electron chi connectivity index (χ0n) is 11.9. The number of benzene rings is 1. The van der Waals surface area contributed by atoms with Gasteiger partial charge in [0.2, 0.25) is 10.0 Å². The van der Waals surface area contributed by atoms with E-state index in [9.17, 15) is 13.2 Å². The second-order valence-corrected chi connectivity index (χ2v) is 6.25. The maximum Gasteiger partial charge on any atom is 0.251 e. The minimum absolute atomic E-state index is 0.133. The Kier molecular flexibility index (Phi) is 6.37. The molecule has 0 spiro atoms. The van der Waals surface area contributed by atoms with Crippen LogP contribution >= 0.6 is 0 Å². The fraction of sp³-hybridized carbons (Fsp3) is 0.357. The number of carbonyl (C=O) groups is 1. The van der Waals surface area contributed by atoms with E-state index in [0.717, 1.165) is 11.8 Å². The van der Waals surface area contributed by atoms with Crippen LogP contribution in [-0.2, 0) is 10.0 Å². The second-order valence-electron chi connectivity index (χ2n) is 4.41. The van der Waals surface area contributed by atoms with E-state index in [1.807, 2.05) is 6.92 Å². The predicted octanol–water partition coefficient (Wildman–Crippen LogP) is -0.382. The molecule has 1 rings (SSSR count). The number of hydrogen-bond acceptors (Lipinski definition) is 4. The first-order valence-electron chi connectivity index (χ1n) is 6.26. The van der Waals surface area contributed by atoms with E-state index in [1.165, 1.54) is 0 Å². The van der Waals surface area contributed by atoms with Crippen molar-refractivity contribution in [1.29, 1.82) is 0 Å². The molecule has 0 aliphatic carbocycles. The summed E-state index contributed by atoms with van der Waals surface area (Å²) in [6.07, 6.45) is 1.06. The lowest BCUT2D eigenvalue weighted by Gasteiger charge is -2.07. The Hall–Kier alpha value is -1.88. The van der Waals surface area contributed by atoms with Gasteiger partial charge in [-0.05, 0) is 24.6 Å². The topological polar surface area (TPSA) is 95.5 Å². The summed E-state index contributed by atoms with van der Waals surface area (Å²) in [5, 5.41) is 11.3. The summed E-state index contributed by atoms with van der Waals surface area (Å²) >= 11 is 0. The molecule has 0 saturated heterocycles. The summed E-state index contributed by atoms with van der Waals surface area (Å²) < 4.78 is 24.0. The van der Waals surface area contributed by atoms with Gasteiger partial charge in [0, 0.05) is 24.2 Å². The third-order valence-electron chi connectivity index (χ3n) is 2.58. The van der Waals surface area contributed by atoms with Gasteiger partial charge < -0.3 is 10.4 Å². The van der Waals surface area contributed by atoms with E-state index in [2.05, 4.69) is 21.9 Å². The smallest absolute Gasteiger partial charge is 0.251 e. The standard InChI is InChI=1S/C14H18N2O4S/c1-11-5-6-13(10-12(11)4-3-9-17)14(18)15-7-8-16-21(2,19)20/h5-6,10,16-17H,7-9H2,1-2H3,(H,15,18). The third kappa shape index (κ3) is 6.40. The van der Waals surface area contributed by atoms with Gasteiger partial charge in [0.25, 0.3) is 5.91 Å². The van der Waals surface area contributed by atoms with Crippen LogP contribution in [0.4, 0.5) is 0 Å². The number of sulfonamides is 1. The van der Waals surface area contributed by atoms with E-state index in [-0.39, 0.29) is 25.6 Å². The molecule has 0 aromatic heterocycles. The van der Waals surface area contributed by atoms with Crippen LogP contribution in [0.5, 0.6) is 0 Å². The molecule has 6 nitrogen and oxygen atoms in total. The first-order valence-corrected chi connectivity index (χ1v) is 8.16. The van der Waals surface area contributed by atoms with Crippen molar-refractivity contribution in [3.63, 3.8) is 0 Å². The molecular formula is C14H18N2O4S. The summed E-state index contributed by atoms with van der Waals surface area (Å²) in [4.78, 5) is 11.9. The molecule has 0 aliphatic rings. The quantitative estimate of drug-likeness (QED) is 0.510. The van der Waals surface area contributed by atoms with Crippen molar-refractivity contribution < 1.29 is 18.3 Å². The van der Waals surface area contributed by atoms with Gasteiger partial charge in [-0.25, -0.2) is 13.1 Å². The monoisotopic (exact) mass is 310 g/mol. The Balaban J connectivity index is 2.66. The number of carbonyl (C=O) groups excluding carboxylic acids is 1. The van der Waals surface area contributed by atoms with Gasteiger partial charge >= 0.3 is 0 Å². The van der Waals surface area contributed by atoms with Gasteiger partial charge in [0.1, 0.15) is 6.61 Å². The first-order chi connectivity index (χ1) is 9.83. The highest BCUT2D eigenvalue weighted by Crippen LogP contribution is 2.10. The van der Waals surface area contributed by atoms with Crippen LogP contribution in [0.15, 0.2) is 18.2 Å². The Bertz CT molecular complexity index is 672. The molecule has 0 aliphatic heterocycles. The molecule has 7 heteroatoms. The molecule has 1 aromatic carbocycles. The number of aliphatic hydroxyl groups excluding tert-OH is 1. The van der Waals surface area contributed by atoms with Crippen molar-refractivity contribution in [2.75, 3.05) is 26.0 Å². The molecule has 0 saturated carbocycles. The average molecular weight is 310 g/mol. The Labute approximate surface area is 124 Å². The van der Waals surface area contributed by atoms with Crippen LogP contribution < -0.4 is 10.0 Å². The second kappa shape index (κ2) is 7.78. The van der Waals surface area contributed by atoms with E-state index in [4.69, 9.17) is 5.11 Å². The Morgan fingerprint density at radius 1 is 1.33 bits per heavy atom. The summed E-state index contributed by atoms with van der Waals surface area (Å²) in [7, 11) is -3.25. The van der Waals surface area contributed by atoms with Crippen LogP contribution in [0, 0.1) is 18.8 Å². The van der Waals surface area contributed by atoms with Crippen LogP contribution in [0.2, 0.25) is 0 Å². The highest BCUT2D eigenvalue weighted by molar-refractivity contribution is 7.88. The normalized spacial score (nSPS) is 10.6. The molecule has 1 aromatic rings. The Morgan fingerprint density at radius 2 is 2.05 bits per heavy atom. The van der Waals surface area contributed by atoms with Crippen molar-refractivity contribution in [2.45, 2.75) is 6.92 Å². The number of amides is 1. The van der Waals surface area contributed by atoms with Crippen molar-refractivity contribution in [1.82, 2.24) is 10.0 Å². The fourth-order valence-corrected chi connectivity index (χ4v) is 2.02. The van der Waals surface area contributed by atoms with Gasteiger partial charge in [0.15, 0.2) is 0 Å². The molecular weight excluding hydrogens is 292 g/mol. The molecule has 0 heterocycles. The highest BCUT2D eigenvalue weighted by atomic mass is 32.2. The molecule has 0 radical (unpaired) electrons. The summed E-state index contributed by atoms with van der Waals surface area (Å²) in [5.74, 6) is 5.00. The van der Waals surface area contributed by atoms with E-state index in [0.29, 0.717) is 11.1 Å². The largest absolute Gasteiger partial charge is 0.384 e. The molecule has 21 heavy (non-hydrogen) atoms. The Morgan fingerprint density at radius 3 is 2.67 bits per heavy atom. The summed E-state index contributed by atoms with van der Waals surface area (Å²) in [6, 6.07) is 5.07. The summed E-state index contributed by atoms with van der Waals surface area (Å²) in [5.41, 5.74) is 2.01. The van der Waals surface area contributed by atoms with E-state index >= 15 is 0 Å². The number of hydrogen-bond donors (Lipinski definition) is 3. The first kappa shape index (κ1) is 17.2. The molecule has 0 atom stereocenters. The van der Waals surface area contributed by atoms with Crippen molar-refractivity contribution in [2.24, 2.45) is 0 Å². The average Bonchev–Trinajstić information content (AvgIpc) is 2.41. The zero-order chi connectivity index (χ0) is 15.9. The van der Waals surface area contributed by atoms with Crippen LogP contribution in [0.3, 0.4) is 0 Å². The minimum Gasteiger partial charge on any atom is -0.384 e. The minimum atomic E-state index is -3.25. The maximum absolute atomic E-state index is 11.9. The number of aliphatic hydroxyl groups is 1. The number of rotatable bonds is 5. The molecule has 0 unspecified atom stereocenters. The molecule has 1 amide bonds. The van der Waals surface area contributed by atoms with Crippen LogP contribution in [0.1, 0.15) is 21.5 Å². The van der Waals surface area contributed by atoms with Gasteiger partial charge in [-0.15, -0.1) is 0 Å². The van der Waals surface area contributed by atoms with E-state index in [1.54, 1.807) is 18.2 Å². The molecule has 0 fully saturated rings. The van der Waals surface area contributed by atoms with Crippen LogP contribution in [0.25, 0.3) is 0 Å². The van der Waals surface area contributed by atoms with E-state index < -0.39 is 10.0 Å². The lowest BCUT2D eigenvalue weighted by Crippen LogP contribution is -2.34. The summed E-state index contributed by atoms with van der Waals surface area (Å²) in [6.45, 7) is 1.94. The number of aryl methyl sites for hydroxylation is 1. The van der Waals surface area contributed by atoms with Gasteiger partial charge in [-0.3, -0.25) is 4.79 Å². The SMILES string of the molecule is Cc1ccc(C(=O)NCCNS(C)(=O)=O)cc1C#CCO. The molecule has 3 N–H and O–H groups in total. The number of nitrogens with one attached hydrogen (secondary N) is 2.